The van der Waals surface area contributed by atoms with Crippen LogP contribution in [0.3, 0.4) is 0 Å². The fraction of sp³-hybridized carbons (Fsp3) is 1.00. The molecule has 1 fully saturated rings. The Kier molecular flexibility index (Phi) is 12.9. The molecule has 12 N–H and O–H groups in total. The van der Waals surface area contributed by atoms with Gasteiger partial charge in [-0.15, -0.1) is 0 Å². The lowest BCUT2D eigenvalue weighted by Gasteiger charge is -2.48. The van der Waals surface area contributed by atoms with Gasteiger partial charge in [0.05, 0.1) is 0 Å². The average molecular weight is 676 g/mol. The van der Waals surface area contributed by atoms with Crippen molar-refractivity contribution in [3.05, 3.63) is 0 Å². The summed E-state index contributed by atoms with van der Waals surface area (Å²) in [4.78, 5) is 110. The molecule has 0 aromatic heterocycles. The second-order valence-corrected chi connectivity index (χ2v) is 13.5. The lowest BCUT2D eigenvalue weighted by molar-refractivity contribution is -0.202. The van der Waals surface area contributed by atoms with Gasteiger partial charge in [-0.2, -0.15) is 0 Å². The highest BCUT2D eigenvalue weighted by molar-refractivity contribution is 7.47. The van der Waals surface area contributed by atoms with Gasteiger partial charge in [-0.3, -0.25) is 27.1 Å². The molecule has 30 heteroatoms. The Morgan fingerprint density at radius 2 is 0.378 bits per heavy atom. The van der Waals surface area contributed by atoms with Gasteiger partial charge in [-0.05, 0) is 0 Å². The standard InChI is InChI=1S/C6H18O24P6.CH4/c7-31(8,9)25-1-2(26-32(10,11)12)4(28-34(16,17)18)6(30-36(22,23)24)5(29-35(19,20)21)3(1)27-33(13,14)15;/h1-6H,(H2,7,8,9)(H2,10,11,12)(H2,13,14,15)(H2,16,17,18)(H2,19,20,21)(H2,22,23,24);1H4. The van der Waals surface area contributed by atoms with Gasteiger partial charge in [0.2, 0.25) is 0 Å². The van der Waals surface area contributed by atoms with Crippen molar-refractivity contribution in [2.24, 2.45) is 0 Å². The summed E-state index contributed by atoms with van der Waals surface area (Å²) < 4.78 is 93.1. The van der Waals surface area contributed by atoms with Crippen molar-refractivity contribution in [2.45, 2.75) is 44.1 Å². The van der Waals surface area contributed by atoms with E-state index in [9.17, 15) is 27.4 Å². The quantitative estimate of drug-likeness (QED) is 0.0950. The predicted octanol–water partition coefficient (Wildman–Crippen LogP) is -2.50. The van der Waals surface area contributed by atoms with Crippen molar-refractivity contribution >= 4 is 46.9 Å². The normalized spacial score (nSPS) is 28.5. The van der Waals surface area contributed by atoms with Gasteiger partial charge >= 0.3 is 46.9 Å². The van der Waals surface area contributed by atoms with Gasteiger partial charge < -0.3 is 58.7 Å². The van der Waals surface area contributed by atoms with Gasteiger partial charge in [-0.25, -0.2) is 27.4 Å². The summed E-state index contributed by atoms with van der Waals surface area (Å²) in [5, 5.41) is 0. The summed E-state index contributed by atoms with van der Waals surface area (Å²) >= 11 is 0. The molecule has 0 amide bonds. The molecule has 0 saturated heterocycles. The van der Waals surface area contributed by atoms with E-state index in [1.165, 1.54) is 0 Å². The molecule has 1 aliphatic rings. The maximum absolute atomic E-state index is 11.4. The van der Waals surface area contributed by atoms with Crippen molar-refractivity contribution in [1.82, 2.24) is 0 Å². The molecule has 0 atom stereocenters. The molecular weight excluding hydrogens is 654 g/mol. The molecule has 0 aromatic rings. The van der Waals surface area contributed by atoms with Crippen LogP contribution in [0.2, 0.25) is 0 Å². The summed E-state index contributed by atoms with van der Waals surface area (Å²) in [5.74, 6) is 0. The lowest BCUT2D eigenvalue weighted by Crippen LogP contribution is -2.66. The molecule has 0 aromatic carbocycles. The van der Waals surface area contributed by atoms with Gasteiger partial charge in [0.15, 0.2) is 0 Å². The van der Waals surface area contributed by atoms with Crippen LogP contribution in [0.25, 0.3) is 0 Å². The van der Waals surface area contributed by atoms with E-state index >= 15 is 0 Å². The summed E-state index contributed by atoms with van der Waals surface area (Å²) in [6.07, 6.45) is -18.9. The van der Waals surface area contributed by atoms with Crippen molar-refractivity contribution in [3.63, 3.8) is 0 Å². The van der Waals surface area contributed by atoms with Crippen LogP contribution >= 0.6 is 46.9 Å². The fourth-order valence-corrected chi connectivity index (χ4v) is 6.14. The molecule has 1 rings (SSSR count). The van der Waals surface area contributed by atoms with Gasteiger partial charge in [0, 0.05) is 0 Å². The summed E-state index contributed by atoms with van der Waals surface area (Å²) in [6.45, 7) is 0. The fourth-order valence-electron chi connectivity index (χ4n) is 2.79. The van der Waals surface area contributed by atoms with Crippen molar-refractivity contribution in [2.75, 3.05) is 0 Å². The van der Waals surface area contributed by atoms with Crippen molar-refractivity contribution < 1.29 is 113 Å². The van der Waals surface area contributed by atoms with E-state index in [0.717, 1.165) is 0 Å². The minimum Gasteiger partial charge on any atom is -0.303 e. The Labute approximate surface area is 204 Å². The number of rotatable bonds is 12. The van der Waals surface area contributed by atoms with Crippen molar-refractivity contribution in [3.8, 4) is 0 Å². The van der Waals surface area contributed by atoms with Crippen LogP contribution in [0.1, 0.15) is 7.43 Å². The minimum absolute atomic E-state index is 0. The van der Waals surface area contributed by atoms with Crippen LogP contribution in [0.4, 0.5) is 0 Å². The Balaban J connectivity index is 0.0000130. The lowest BCUT2D eigenvalue weighted by atomic mass is 9.85. The second-order valence-electron chi connectivity index (χ2n) is 6.36. The molecular formula is C7H22O24P6. The largest absolute Gasteiger partial charge is 0.470 e. The maximum Gasteiger partial charge on any atom is 0.470 e. The SMILES string of the molecule is C.O=P(O)(O)OC1C(OP(=O)(O)O)C(OP(=O)(O)O)C(OP(=O)(O)O)C(OP(=O)(O)O)C1OP(=O)(O)O. The highest BCUT2D eigenvalue weighted by Gasteiger charge is 2.62. The van der Waals surface area contributed by atoms with E-state index < -0.39 is 83.6 Å². The van der Waals surface area contributed by atoms with E-state index in [2.05, 4.69) is 27.1 Å². The molecule has 0 radical (unpaired) electrons. The Morgan fingerprint density at radius 3 is 0.432 bits per heavy atom. The smallest absolute Gasteiger partial charge is 0.303 e. The molecule has 24 nitrogen and oxygen atoms in total. The van der Waals surface area contributed by atoms with Crippen LogP contribution in [0, 0.1) is 0 Å². The molecule has 0 bridgehead atoms. The second kappa shape index (κ2) is 12.7. The third-order valence-electron chi connectivity index (χ3n) is 3.50. The number of hydrogen-bond donors (Lipinski definition) is 12. The maximum atomic E-state index is 11.4. The highest BCUT2D eigenvalue weighted by atomic mass is 31.2. The summed E-state index contributed by atoms with van der Waals surface area (Å²) in [7, 11) is -36.1. The minimum atomic E-state index is -6.02. The monoisotopic (exact) mass is 676 g/mol. The van der Waals surface area contributed by atoms with E-state index in [1.54, 1.807) is 0 Å². The Bertz CT molecular complexity index is 820. The molecule has 224 valence electrons. The zero-order chi connectivity index (χ0) is 28.7. The number of phosphoric acid groups is 6. The molecule has 0 unspecified atom stereocenters. The molecule has 0 heterocycles. The van der Waals surface area contributed by atoms with Crippen LogP contribution in [-0.2, 0) is 54.5 Å². The Morgan fingerprint density at radius 1 is 0.297 bits per heavy atom. The van der Waals surface area contributed by atoms with Crippen LogP contribution < -0.4 is 0 Å². The van der Waals surface area contributed by atoms with Gasteiger partial charge in [0.25, 0.3) is 0 Å². The van der Waals surface area contributed by atoms with Crippen LogP contribution in [0.5, 0.6) is 0 Å². The first-order valence-corrected chi connectivity index (χ1v) is 17.2. The van der Waals surface area contributed by atoms with Gasteiger partial charge in [0.1, 0.15) is 36.6 Å². The van der Waals surface area contributed by atoms with E-state index in [-0.39, 0.29) is 7.43 Å². The summed E-state index contributed by atoms with van der Waals surface area (Å²) in [5.41, 5.74) is 0. The first-order chi connectivity index (χ1) is 15.6. The predicted molar refractivity (Wildman–Crippen MR) is 108 cm³/mol. The molecule has 0 spiro atoms. The molecule has 1 aliphatic carbocycles. The number of phosphoric ester groups is 6. The third-order valence-corrected chi connectivity index (χ3v) is 6.61. The molecule has 0 aliphatic heterocycles. The van der Waals surface area contributed by atoms with Gasteiger partial charge in [-0.1, -0.05) is 7.43 Å². The van der Waals surface area contributed by atoms with E-state index in [4.69, 9.17) is 58.7 Å². The third kappa shape index (κ3) is 14.7. The highest BCUT2D eigenvalue weighted by Crippen LogP contribution is 2.57. The van der Waals surface area contributed by atoms with E-state index in [0.29, 0.717) is 0 Å². The first kappa shape index (κ1) is 37.7. The summed E-state index contributed by atoms with van der Waals surface area (Å²) in [6, 6.07) is 0. The Hall–Kier alpha value is 0.660. The zero-order valence-corrected chi connectivity index (χ0v) is 21.8. The van der Waals surface area contributed by atoms with Crippen LogP contribution in [-0.4, -0.2) is 95.3 Å². The average Bonchev–Trinajstić information content (AvgIpc) is 2.51. The zero-order valence-electron chi connectivity index (χ0n) is 16.4. The van der Waals surface area contributed by atoms with Crippen LogP contribution in [0.15, 0.2) is 0 Å². The van der Waals surface area contributed by atoms with Crippen molar-refractivity contribution in [1.29, 1.82) is 0 Å². The molecule has 37 heavy (non-hydrogen) atoms. The molecule has 1 saturated carbocycles. The topological polar surface area (TPSA) is 401 Å². The number of hydrogen-bond acceptors (Lipinski definition) is 12. The first-order valence-electron chi connectivity index (χ1n) is 8.01. The van der Waals surface area contributed by atoms with E-state index in [1.807, 2.05) is 0 Å².